The molecule has 0 saturated heterocycles. The number of rotatable bonds is 3. The first-order chi connectivity index (χ1) is 7.25. The summed E-state index contributed by atoms with van der Waals surface area (Å²) in [6, 6.07) is 7.66. The van der Waals surface area contributed by atoms with E-state index in [9.17, 15) is 0 Å². The fraction of sp³-hybridized carbons (Fsp3) is 0.0909. The third kappa shape index (κ3) is 2.76. The van der Waals surface area contributed by atoms with Crippen molar-refractivity contribution < 1.29 is 4.42 Å². The summed E-state index contributed by atoms with van der Waals surface area (Å²) in [5.41, 5.74) is 2.01. The van der Waals surface area contributed by atoms with E-state index in [1.54, 1.807) is 12.5 Å². The first kappa shape index (κ1) is 10.6. The van der Waals surface area contributed by atoms with Gasteiger partial charge in [0.05, 0.1) is 23.2 Å². The van der Waals surface area contributed by atoms with Gasteiger partial charge in [-0.15, -0.1) is 0 Å². The van der Waals surface area contributed by atoms with Crippen molar-refractivity contribution in [3.8, 4) is 0 Å². The summed E-state index contributed by atoms with van der Waals surface area (Å²) in [7, 11) is 0. The standard InChI is InChI=1S/C11H9BrClNO/c12-9-1-2-11(10(13)5-9)14-6-8-3-4-15-7-8/h1-5,7,14H,6H2. The Hall–Kier alpha value is -0.930. The highest BCUT2D eigenvalue weighted by atomic mass is 79.9. The molecule has 0 aliphatic heterocycles. The average Bonchev–Trinajstić information content (AvgIpc) is 2.69. The lowest BCUT2D eigenvalue weighted by Gasteiger charge is -2.06. The molecular weight excluding hydrogens is 277 g/mol. The van der Waals surface area contributed by atoms with Gasteiger partial charge in [0, 0.05) is 16.6 Å². The van der Waals surface area contributed by atoms with Crippen LogP contribution in [0.1, 0.15) is 5.56 Å². The summed E-state index contributed by atoms with van der Waals surface area (Å²) in [6.07, 6.45) is 3.36. The second-order valence-corrected chi connectivity index (χ2v) is 4.43. The van der Waals surface area contributed by atoms with E-state index in [1.165, 1.54) is 0 Å². The van der Waals surface area contributed by atoms with Gasteiger partial charge in [-0.1, -0.05) is 27.5 Å². The van der Waals surface area contributed by atoms with Gasteiger partial charge in [0.15, 0.2) is 0 Å². The predicted octanol–water partition coefficient (Wildman–Crippen LogP) is 4.31. The molecule has 0 unspecified atom stereocenters. The molecule has 0 amide bonds. The number of nitrogens with one attached hydrogen (secondary N) is 1. The molecule has 2 nitrogen and oxygen atoms in total. The van der Waals surface area contributed by atoms with Gasteiger partial charge in [-0.2, -0.15) is 0 Å². The molecule has 0 radical (unpaired) electrons. The minimum atomic E-state index is 0.702. The van der Waals surface area contributed by atoms with Gasteiger partial charge in [-0.05, 0) is 24.3 Å². The number of benzene rings is 1. The summed E-state index contributed by atoms with van der Waals surface area (Å²) in [5, 5.41) is 3.93. The maximum Gasteiger partial charge on any atom is 0.0952 e. The normalized spacial score (nSPS) is 10.3. The quantitative estimate of drug-likeness (QED) is 0.909. The molecule has 0 atom stereocenters. The number of hydrogen-bond acceptors (Lipinski definition) is 2. The minimum absolute atomic E-state index is 0.702. The van der Waals surface area contributed by atoms with E-state index in [4.69, 9.17) is 16.0 Å². The maximum atomic E-state index is 6.05. The summed E-state index contributed by atoms with van der Waals surface area (Å²) < 4.78 is 5.95. The predicted molar refractivity (Wildman–Crippen MR) is 65.2 cm³/mol. The number of hydrogen-bond donors (Lipinski definition) is 1. The van der Waals surface area contributed by atoms with Crippen molar-refractivity contribution in [3.05, 3.63) is 51.9 Å². The largest absolute Gasteiger partial charge is 0.472 e. The molecule has 0 bridgehead atoms. The Morgan fingerprint density at radius 2 is 2.20 bits per heavy atom. The van der Waals surface area contributed by atoms with Crippen LogP contribution in [0.25, 0.3) is 0 Å². The molecule has 1 aromatic heterocycles. The van der Waals surface area contributed by atoms with Crippen molar-refractivity contribution in [3.63, 3.8) is 0 Å². The van der Waals surface area contributed by atoms with Gasteiger partial charge in [0.1, 0.15) is 0 Å². The molecular formula is C11H9BrClNO. The van der Waals surface area contributed by atoms with Crippen molar-refractivity contribution in [1.29, 1.82) is 0 Å². The van der Waals surface area contributed by atoms with Crippen LogP contribution in [0.2, 0.25) is 5.02 Å². The number of furan rings is 1. The van der Waals surface area contributed by atoms with E-state index < -0.39 is 0 Å². The Morgan fingerprint density at radius 3 is 2.87 bits per heavy atom. The molecule has 1 heterocycles. The van der Waals surface area contributed by atoms with Crippen LogP contribution in [-0.4, -0.2) is 0 Å². The fourth-order valence-corrected chi connectivity index (χ4v) is 1.96. The lowest BCUT2D eigenvalue weighted by atomic mass is 10.3. The highest BCUT2D eigenvalue weighted by Crippen LogP contribution is 2.25. The fourth-order valence-electron chi connectivity index (χ4n) is 1.22. The van der Waals surface area contributed by atoms with E-state index >= 15 is 0 Å². The van der Waals surface area contributed by atoms with Crippen LogP contribution in [0.5, 0.6) is 0 Å². The Balaban J connectivity index is 2.05. The van der Waals surface area contributed by atoms with Gasteiger partial charge in [0.25, 0.3) is 0 Å². The summed E-state index contributed by atoms with van der Waals surface area (Å²) in [4.78, 5) is 0. The topological polar surface area (TPSA) is 25.2 Å². The van der Waals surface area contributed by atoms with Gasteiger partial charge >= 0.3 is 0 Å². The van der Waals surface area contributed by atoms with Crippen LogP contribution in [0.15, 0.2) is 45.7 Å². The SMILES string of the molecule is Clc1cc(Br)ccc1NCc1ccoc1. The van der Waals surface area contributed by atoms with Gasteiger partial charge in [-0.25, -0.2) is 0 Å². The molecule has 2 rings (SSSR count). The van der Waals surface area contributed by atoms with Gasteiger partial charge < -0.3 is 9.73 Å². The van der Waals surface area contributed by atoms with Crippen molar-refractivity contribution in [2.75, 3.05) is 5.32 Å². The lowest BCUT2D eigenvalue weighted by molar-refractivity contribution is 0.564. The molecule has 1 N–H and O–H groups in total. The average molecular weight is 287 g/mol. The number of anilines is 1. The van der Waals surface area contributed by atoms with Crippen LogP contribution in [-0.2, 0) is 6.54 Å². The van der Waals surface area contributed by atoms with Crippen molar-refractivity contribution >= 4 is 33.2 Å². The second kappa shape index (κ2) is 4.73. The summed E-state index contributed by atoms with van der Waals surface area (Å²) in [5.74, 6) is 0. The van der Waals surface area contributed by atoms with Crippen LogP contribution in [0.4, 0.5) is 5.69 Å². The monoisotopic (exact) mass is 285 g/mol. The van der Waals surface area contributed by atoms with Crippen LogP contribution in [0.3, 0.4) is 0 Å². The first-order valence-corrected chi connectivity index (χ1v) is 5.63. The number of halogens is 2. The lowest BCUT2D eigenvalue weighted by Crippen LogP contribution is -1.98. The first-order valence-electron chi connectivity index (χ1n) is 4.46. The Kier molecular flexibility index (Phi) is 3.34. The van der Waals surface area contributed by atoms with E-state index in [0.717, 1.165) is 15.7 Å². The molecule has 1 aromatic carbocycles. The Labute approximate surface area is 101 Å². The highest BCUT2D eigenvalue weighted by molar-refractivity contribution is 9.10. The molecule has 15 heavy (non-hydrogen) atoms. The maximum absolute atomic E-state index is 6.05. The Morgan fingerprint density at radius 1 is 1.33 bits per heavy atom. The summed E-state index contributed by atoms with van der Waals surface area (Å²) >= 11 is 9.41. The molecule has 0 fully saturated rings. The summed E-state index contributed by atoms with van der Waals surface area (Å²) in [6.45, 7) is 0.706. The third-order valence-corrected chi connectivity index (χ3v) is 2.80. The highest BCUT2D eigenvalue weighted by Gasteiger charge is 2.00. The third-order valence-electron chi connectivity index (χ3n) is 1.99. The molecule has 2 aromatic rings. The van der Waals surface area contributed by atoms with Crippen LogP contribution < -0.4 is 5.32 Å². The molecule has 78 valence electrons. The van der Waals surface area contributed by atoms with Crippen molar-refractivity contribution in [2.45, 2.75) is 6.54 Å². The molecule has 0 saturated carbocycles. The molecule has 0 aliphatic rings. The van der Waals surface area contributed by atoms with Crippen LogP contribution >= 0.6 is 27.5 Å². The van der Waals surface area contributed by atoms with E-state index in [1.807, 2.05) is 24.3 Å². The van der Waals surface area contributed by atoms with Gasteiger partial charge in [-0.3, -0.25) is 0 Å². The Bertz CT molecular complexity index is 442. The zero-order valence-corrected chi connectivity index (χ0v) is 10.2. The minimum Gasteiger partial charge on any atom is -0.472 e. The molecule has 0 spiro atoms. The van der Waals surface area contributed by atoms with E-state index in [0.29, 0.717) is 11.6 Å². The molecule has 0 aliphatic carbocycles. The van der Waals surface area contributed by atoms with E-state index in [-0.39, 0.29) is 0 Å². The smallest absolute Gasteiger partial charge is 0.0952 e. The van der Waals surface area contributed by atoms with Crippen molar-refractivity contribution in [1.82, 2.24) is 0 Å². The zero-order chi connectivity index (χ0) is 10.7. The second-order valence-electron chi connectivity index (χ2n) is 3.11. The van der Waals surface area contributed by atoms with E-state index in [2.05, 4.69) is 21.2 Å². The van der Waals surface area contributed by atoms with Gasteiger partial charge in [0.2, 0.25) is 0 Å². The zero-order valence-electron chi connectivity index (χ0n) is 7.84. The van der Waals surface area contributed by atoms with Crippen LogP contribution in [0, 0.1) is 0 Å². The molecule has 4 heteroatoms. The van der Waals surface area contributed by atoms with Crippen molar-refractivity contribution in [2.24, 2.45) is 0 Å².